The molecule has 1 amide bonds. The fraction of sp³-hybridized carbons (Fsp3) is 0.150. The van der Waals surface area contributed by atoms with Crippen LogP contribution in [0.4, 0.5) is 11.4 Å². The van der Waals surface area contributed by atoms with E-state index in [-0.39, 0.29) is 22.7 Å². The fourth-order valence-corrected chi connectivity index (χ4v) is 5.58. The first-order chi connectivity index (χ1) is 14.8. The summed E-state index contributed by atoms with van der Waals surface area (Å²) in [6.07, 6.45) is 0. The number of nitro groups is 1. The molecule has 3 aromatic heterocycles. The van der Waals surface area contributed by atoms with Crippen LogP contribution in [0.3, 0.4) is 0 Å². The van der Waals surface area contributed by atoms with Crippen LogP contribution in [-0.2, 0) is 11.8 Å². The minimum atomic E-state index is -0.531. The molecule has 0 radical (unpaired) electrons. The zero-order valence-electron chi connectivity index (χ0n) is 16.4. The predicted molar refractivity (Wildman–Crippen MR) is 125 cm³/mol. The van der Waals surface area contributed by atoms with Gasteiger partial charge in [0.2, 0.25) is 5.91 Å². The van der Waals surface area contributed by atoms with Crippen molar-refractivity contribution in [3.05, 3.63) is 67.1 Å². The van der Waals surface area contributed by atoms with E-state index in [1.807, 2.05) is 22.9 Å². The maximum absolute atomic E-state index is 13.0. The smallest absolute Gasteiger partial charge is 0.293 e. The van der Waals surface area contributed by atoms with Crippen LogP contribution in [0.5, 0.6) is 0 Å². The number of thioether (sulfide) groups is 1. The van der Waals surface area contributed by atoms with E-state index in [1.54, 1.807) is 31.4 Å². The molecule has 3 heterocycles. The van der Waals surface area contributed by atoms with Crippen LogP contribution in [0.2, 0.25) is 0 Å². The first-order valence-electron chi connectivity index (χ1n) is 9.05. The van der Waals surface area contributed by atoms with Gasteiger partial charge in [-0.05, 0) is 30.0 Å². The molecule has 1 aromatic carbocycles. The number of hydrogen-bond acceptors (Lipinski definition) is 8. The largest absolute Gasteiger partial charge is 0.320 e. The van der Waals surface area contributed by atoms with Gasteiger partial charge < -0.3 is 5.32 Å². The maximum Gasteiger partial charge on any atom is 0.293 e. The van der Waals surface area contributed by atoms with Gasteiger partial charge in [0.05, 0.1) is 16.1 Å². The Labute approximate surface area is 188 Å². The molecule has 158 valence electrons. The van der Waals surface area contributed by atoms with Crippen molar-refractivity contribution in [1.29, 1.82) is 0 Å². The molecule has 0 bridgehead atoms. The SMILES string of the molecule is Cc1ccc(NC(=O)CSc2nc3scc(-c4cccs4)c3c(=O)n2C)c([N+](=O)[O-])c1. The molecule has 4 rings (SSSR count). The van der Waals surface area contributed by atoms with Crippen LogP contribution in [0, 0.1) is 17.0 Å². The average molecular weight is 473 g/mol. The molecule has 0 saturated carbocycles. The van der Waals surface area contributed by atoms with E-state index in [1.165, 1.54) is 28.0 Å². The van der Waals surface area contributed by atoms with Crippen molar-refractivity contribution < 1.29 is 9.72 Å². The molecule has 0 unspecified atom stereocenters. The first kappa shape index (κ1) is 21.2. The Morgan fingerprint density at radius 1 is 1.32 bits per heavy atom. The van der Waals surface area contributed by atoms with Gasteiger partial charge in [0.25, 0.3) is 11.2 Å². The number of fused-ring (bicyclic) bond motifs is 1. The minimum absolute atomic E-state index is 0.0417. The number of nitrogens with one attached hydrogen (secondary N) is 1. The molecule has 8 nitrogen and oxygen atoms in total. The van der Waals surface area contributed by atoms with Gasteiger partial charge >= 0.3 is 0 Å². The van der Waals surface area contributed by atoms with Crippen LogP contribution in [-0.4, -0.2) is 26.1 Å². The van der Waals surface area contributed by atoms with E-state index < -0.39 is 10.8 Å². The summed E-state index contributed by atoms with van der Waals surface area (Å²) in [5, 5.41) is 18.7. The number of aryl methyl sites for hydroxylation is 1. The molecule has 4 aromatic rings. The predicted octanol–water partition coefficient (Wildman–Crippen LogP) is 4.67. The van der Waals surface area contributed by atoms with Crippen molar-refractivity contribution >= 4 is 61.9 Å². The monoisotopic (exact) mass is 472 g/mol. The third kappa shape index (κ3) is 4.24. The number of carbonyl (C=O) groups is 1. The average Bonchev–Trinajstić information content (AvgIpc) is 3.40. The van der Waals surface area contributed by atoms with Gasteiger partial charge in [-0.3, -0.25) is 24.3 Å². The van der Waals surface area contributed by atoms with E-state index in [4.69, 9.17) is 0 Å². The zero-order valence-corrected chi connectivity index (χ0v) is 18.9. The van der Waals surface area contributed by atoms with Crippen molar-refractivity contribution in [2.24, 2.45) is 7.05 Å². The number of rotatable bonds is 6. The van der Waals surface area contributed by atoms with E-state index in [9.17, 15) is 19.7 Å². The summed E-state index contributed by atoms with van der Waals surface area (Å²) in [4.78, 5) is 42.2. The second-order valence-corrected chi connectivity index (χ2v) is 9.43. The Kier molecular flexibility index (Phi) is 5.90. The topological polar surface area (TPSA) is 107 Å². The summed E-state index contributed by atoms with van der Waals surface area (Å²) in [7, 11) is 1.62. The van der Waals surface area contributed by atoms with Crippen molar-refractivity contribution in [3.63, 3.8) is 0 Å². The summed E-state index contributed by atoms with van der Waals surface area (Å²) in [5.41, 5.74) is 1.39. The minimum Gasteiger partial charge on any atom is -0.320 e. The highest BCUT2D eigenvalue weighted by Crippen LogP contribution is 2.34. The number of nitro benzene ring substituents is 1. The Bertz CT molecular complexity index is 1360. The van der Waals surface area contributed by atoms with Crippen molar-refractivity contribution in [2.45, 2.75) is 12.1 Å². The number of nitrogens with zero attached hydrogens (tertiary/aromatic N) is 3. The normalized spacial score (nSPS) is 11.0. The zero-order chi connectivity index (χ0) is 22.1. The Balaban J connectivity index is 1.55. The molecule has 1 N–H and O–H groups in total. The number of carbonyl (C=O) groups excluding carboxylic acids is 1. The quantitative estimate of drug-likeness (QED) is 0.189. The Morgan fingerprint density at radius 2 is 2.13 bits per heavy atom. The molecular weight excluding hydrogens is 456 g/mol. The third-order valence-electron chi connectivity index (χ3n) is 4.52. The molecule has 0 aliphatic heterocycles. The number of aromatic nitrogens is 2. The summed E-state index contributed by atoms with van der Waals surface area (Å²) in [6.45, 7) is 1.74. The van der Waals surface area contributed by atoms with Gasteiger partial charge in [0, 0.05) is 28.9 Å². The number of benzene rings is 1. The summed E-state index contributed by atoms with van der Waals surface area (Å²) in [5.74, 6) is -0.461. The van der Waals surface area contributed by atoms with E-state index in [0.717, 1.165) is 27.8 Å². The number of hydrogen-bond donors (Lipinski definition) is 1. The number of amides is 1. The van der Waals surface area contributed by atoms with E-state index in [2.05, 4.69) is 10.3 Å². The van der Waals surface area contributed by atoms with Gasteiger partial charge in [0.15, 0.2) is 5.16 Å². The Hall–Kier alpha value is -3.02. The lowest BCUT2D eigenvalue weighted by atomic mass is 10.2. The lowest BCUT2D eigenvalue weighted by Gasteiger charge is -2.09. The molecule has 11 heteroatoms. The third-order valence-corrected chi connectivity index (χ3v) is 7.32. The van der Waals surface area contributed by atoms with Crippen LogP contribution in [0.1, 0.15) is 5.56 Å². The van der Waals surface area contributed by atoms with Crippen LogP contribution < -0.4 is 10.9 Å². The van der Waals surface area contributed by atoms with Crippen molar-refractivity contribution in [1.82, 2.24) is 9.55 Å². The van der Waals surface area contributed by atoms with Crippen LogP contribution in [0.15, 0.2) is 51.0 Å². The van der Waals surface area contributed by atoms with Crippen molar-refractivity contribution in [2.75, 3.05) is 11.1 Å². The maximum atomic E-state index is 13.0. The first-order valence-corrected chi connectivity index (χ1v) is 11.8. The molecule has 31 heavy (non-hydrogen) atoms. The van der Waals surface area contributed by atoms with E-state index >= 15 is 0 Å². The number of thiophene rings is 2. The molecule has 0 aliphatic carbocycles. The second-order valence-electron chi connectivity index (χ2n) is 6.68. The Morgan fingerprint density at radius 3 is 2.84 bits per heavy atom. The van der Waals surface area contributed by atoms with Gasteiger partial charge in [-0.1, -0.05) is 23.9 Å². The molecule has 0 fully saturated rings. The number of anilines is 1. The lowest BCUT2D eigenvalue weighted by Crippen LogP contribution is -2.21. The molecule has 0 atom stereocenters. The highest BCUT2D eigenvalue weighted by Gasteiger charge is 2.19. The summed E-state index contributed by atoms with van der Waals surface area (Å²) < 4.78 is 1.43. The van der Waals surface area contributed by atoms with Gasteiger partial charge in [-0.2, -0.15) is 0 Å². The van der Waals surface area contributed by atoms with Gasteiger partial charge in [-0.15, -0.1) is 22.7 Å². The highest BCUT2D eigenvalue weighted by molar-refractivity contribution is 7.99. The molecule has 0 aliphatic rings. The summed E-state index contributed by atoms with van der Waals surface area (Å²) in [6, 6.07) is 8.50. The van der Waals surface area contributed by atoms with Crippen molar-refractivity contribution in [3.8, 4) is 10.4 Å². The summed E-state index contributed by atoms with van der Waals surface area (Å²) >= 11 is 4.05. The molecular formula is C20H16N4O4S3. The van der Waals surface area contributed by atoms with Gasteiger partial charge in [-0.25, -0.2) is 4.98 Å². The van der Waals surface area contributed by atoms with Gasteiger partial charge in [0.1, 0.15) is 10.5 Å². The van der Waals surface area contributed by atoms with E-state index in [0.29, 0.717) is 15.4 Å². The standard InChI is InChI=1S/C20H16N4O4S3/c1-11-5-6-13(14(8-11)24(27)28)21-16(25)10-31-20-22-18-17(19(26)23(20)2)12(9-30-18)15-4-3-7-29-15/h3-9H,10H2,1-2H3,(H,21,25). The second kappa shape index (κ2) is 8.61. The molecule has 0 spiro atoms. The highest BCUT2D eigenvalue weighted by atomic mass is 32.2. The van der Waals surface area contributed by atoms with Crippen LogP contribution in [0.25, 0.3) is 20.7 Å². The lowest BCUT2D eigenvalue weighted by molar-refractivity contribution is -0.384. The fourth-order valence-electron chi connectivity index (χ4n) is 3.01. The molecule has 0 saturated heterocycles. The van der Waals surface area contributed by atoms with Crippen LogP contribution >= 0.6 is 34.4 Å².